The Hall–Kier alpha value is -3.65. The van der Waals surface area contributed by atoms with Gasteiger partial charge in [0.2, 0.25) is 16.8 Å². The molecule has 1 aliphatic rings. The molecule has 0 unspecified atom stereocenters. The van der Waals surface area contributed by atoms with Crippen LogP contribution in [0.4, 0.5) is 5.69 Å². The third-order valence-electron chi connectivity index (χ3n) is 6.41. The molecule has 8 heteroatoms. The van der Waals surface area contributed by atoms with Crippen molar-refractivity contribution in [3.8, 4) is 11.1 Å². The van der Waals surface area contributed by atoms with Gasteiger partial charge in [0.05, 0.1) is 12.1 Å². The number of thiol groups is 1. The first kappa shape index (κ1) is 24.5. The summed E-state index contributed by atoms with van der Waals surface area (Å²) in [5.41, 5.74) is 10.1. The summed E-state index contributed by atoms with van der Waals surface area (Å²) in [5, 5.41) is 7.71. The summed E-state index contributed by atoms with van der Waals surface area (Å²) in [6.45, 7) is 0.449. The lowest BCUT2D eigenvalue weighted by Crippen LogP contribution is -2.39. The van der Waals surface area contributed by atoms with Crippen LogP contribution in [0.15, 0.2) is 72.8 Å². The average molecular weight is 491 g/mol. The van der Waals surface area contributed by atoms with Gasteiger partial charge < -0.3 is 10.6 Å². The number of nitrogens with two attached hydrogens (primary N) is 1. The molecular formula is C27H30N4O3S. The maximum Gasteiger partial charge on any atom is 0.227 e. The molecule has 0 heterocycles. The molecule has 0 atom stereocenters. The Kier molecular flexibility index (Phi) is 7.82. The largest absolute Gasteiger partial charge is 0.384 e. The molecule has 7 nitrogen and oxygen atoms in total. The molecule has 0 radical (unpaired) electrons. The number of amides is 1. The fourth-order valence-electron chi connectivity index (χ4n) is 4.71. The highest BCUT2D eigenvalue weighted by Crippen LogP contribution is 2.30. The second-order valence-corrected chi connectivity index (χ2v) is 9.60. The van der Waals surface area contributed by atoms with Gasteiger partial charge in [-0.05, 0) is 41.7 Å². The Labute approximate surface area is 207 Å². The van der Waals surface area contributed by atoms with Gasteiger partial charge in [0, 0.05) is 23.7 Å². The molecule has 0 aliphatic heterocycles. The van der Waals surface area contributed by atoms with E-state index in [1.807, 2.05) is 65.6 Å². The predicted molar refractivity (Wildman–Crippen MR) is 140 cm³/mol. The highest BCUT2D eigenvalue weighted by molar-refractivity contribution is 7.73. The van der Waals surface area contributed by atoms with Gasteiger partial charge >= 0.3 is 0 Å². The quantitative estimate of drug-likeness (QED) is 0.205. The highest BCUT2D eigenvalue weighted by atomic mass is 32.2. The number of benzene rings is 3. The number of carbonyl (C=O) groups excluding carboxylic acids is 1. The minimum Gasteiger partial charge on any atom is -0.384 e. The number of rotatable bonds is 9. The van der Waals surface area contributed by atoms with Crippen LogP contribution in [0.5, 0.6) is 0 Å². The van der Waals surface area contributed by atoms with Crippen LogP contribution in [-0.4, -0.2) is 31.1 Å². The minimum atomic E-state index is -2.85. The topological polar surface area (TPSA) is 116 Å². The number of nitrogen functional groups attached to an aromatic ring is 1. The normalized spacial score (nSPS) is 13.6. The van der Waals surface area contributed by atoms with E-state index in [4.69, 9.17) is 11.1 Å². The van der Waals surface area contributed by atoms with Gasteiger partial charge in [-0.1, -0.05) is 73.5 Å². The number of carbonyl (C=O) groups is 1. The molecule has 182 valence electrons. The molecule has 0 bridgehead atoms. The van der Waals surface area contributed by atoms with Crippen molar-refractivity contribution in [3.05, 3.63) is 89.5 Å². The Morgan fingerprint density at radius 2 is 1.71 bits per heavy atom. The standard InChI is InChI=1S/C27H30N4O3S/c28-27(29)22-10-6-7-20(15-22)18-31(23-11-4-5-12-23)26(32)17-19-13-14-24(21-8-2-1-3-9-21)25(16-19)30-35(33)34/h1-3,6-10,13-16,23,35H,4-5,11-12,17-18H2,(H3,28,29)(H,30,33,34). The fourth-order valence-corrected chi connectivity index (χ4v) is 5.09. The maximum atomic E-state index is 13.5. The number of nitrogens with one attached hydrogen (secondary N) is 2. The molecule has 4 N–H and O–H groups in total. The van der Waals surface area contributed by atoms with Gasteiger partial charge in [0.25, 0.3) is 0 Å². The van der Waals surface area contributed by atoms with Crippen LogP contribution >= 0.6 is 0 Å². The molecule has 35 heavy (non-hydrogen) atoms. The minimum absolute atomic E-state index is 0.000774. The Morgan fingerprint density at radius 1 is 0.971 bits per heavy atom. The predicted octanol–water partition coefficient (Wildman–Crippen LogP) is 4.09. The van der Waals surface area contributed by atoms with Crippen LogP contribution in [0.3, 0.4) is 0 Å². The smallest absolute Gasteiger partial charge is 0.227 e. The molecule has 3 aromatic rings. The van der Waals surface area contributed by atoms with Gasteiger partial charge in [-0.2, -0.15) is 0 Å². The fraction of sp³-hybridized carbons (Fsp3) is 0.259. The average Bonchev–Trinajstić information content (AvgIpc) is 3.37. The van der Waals surface area contributed by atoms with Crippen LogP contribution < -0.4 is 10.5 Å². The van der Waals surface area contributed by atoms with E-state index in [0.29, 0.717) is 17.8 Å². The Morgan fingerprint density at radius 3 is 2.40 bits per heavy atom. The molecule has 1 amide bonds. The van der Waals surface area contributed by atoms with Crippen LogP contribution in [0.25, 0.3) is 11.1 Å². The van der Waals surface area contributed by atoms with Crippen LogP contribution in [0.1, 0.15) is 42.4 Å². The second-order valence-electron chi connectivity index (χ2n) is 8.87. The molecule has 0 aromatic heterocycles. The summed E-state index contributed by atoms with van der Waals surface area (Å²) in [4.78, 5) is 15.5. The van der Waals surface area contributed by atoms with Crippen LogP contribution in [0.2, 0.25) is 0 Å². The number of nitrogens with zero attached hydrogens (tertiary/aromatic N) is 1. The van der Waals surface area contributed by atoms with E-state index in [2.05, 4.69) is 4.72 Å². The number of hydrogen-bond donors (Lipinski definition) is 4. The van der Waals surface area contributed by atoms with Crippen LogP contribution in [0, 0.1) is 5.41 Å². The summed E-state index contributed by atoms with van der Waals surface area (Å²) in [7, 11) is -2.85. The SMILES string of the molecule is N=C(N)c1cccc(CN(C(=O)Cc2ccc(-c3ccccc3)c(N[SH](=O)=O)c2)C2CCCC2)c1. The van der Waals surface area contributed by atoms with E-state index in [-0.39, 0.29) is 24.2 Å². The van der Waals surface area contributed by atoms with Gasteiger partial charge in [-0.15, -0.1) is 0 Å². The number of amidine groups is 1. The summed E-state index contributed by atoms with van der Waals surface area (Å²) < 4.78 is 25.5. The zero-order valence-corrected chi connectivity index (χ0v) is 20.3. The number of anilines is 1. The van der Waals surface area contributed by atoms with Crippen molar-refractivity contribution in [1.29, 1.82) is 5.41 Å². The molecule has 1 fully saturated rings. The highest BCUT2D eigenvalue weighted by Gasteiger charge is 2.27. The Balaban J connectivity index is 1.59. The lowest BCUT2D eigenvalue weighted by Gasteiger charge is -2.29. The monoisotopic (exact) mass is 490 g/mol. The maximum absolute atomic E-state index is 13.5. The van der Waals surface area contributed by atoms with E-state index in [1.165, 1.54) is 0 Å². The summed E-state index contributed by atoms with van der Waals surface area (Å²) in [5.74, 6) is -0.00381. The molecule has 1 saturated carbocycles. The third kappa shape index (κ3) is 6.27. The van der Waals surface area contributed by atoms with E-state index in [1.54, 1.807) is 12.1 Å². The van der Waals surface area contributed by atoms with Crippen molar-refractivity contribution < 1.29 is 13.2 Å². The molecule has 4 rings (SSSR count). The second kappa shape index (κ2) is 11.2. The summed E-state index contributed by atoms with van der Waals surface area (Å²) in [6, 6.07) is 22.6. The van der Waals surface area contributed by atoms with Crippen molar-refractivity contribution in [3.63, 3.8) is 0 Å². The van der Waals surface area contributed by atoms with E-state index in [0.717, 1.165) is 47.9 Å². The zero-order chi connectivity index (χ0) is 24.8. The summed E-state index contributed by atoms with van der Waals surface area (Å²) >= 11 is 0. The van der Waals surface area contributed by atoms with E-state index in [9.17, 15) is 13.2 Å². The number of hydrogen-bond acceptors (Lipinski definition) is 4. The van der Waals surface area contributed by atoms with Gasteiger partial charge in [0.15, 0.2) is 0 Å². The summed E-state index contributed by atoms with van der Waals surface area (Å²) in [6.07, 6.45) is 4.29. The van der Waals surface area contributed by atoms with Crippen LogP contribution in [-0.2, 0) is 28.7 Å². The first-order valence-electron chi connectivity index (χ1n) is 11.7. The lowest BCUT2D eigenvalue weighted by atomic mass is 10.00. The first-order chi connectivity index (χ1) is 16.9. The Bertz CT molecular complexity index is 1280. The molecule has 0 spiro atoms. The first-order valence-corrected chi connectivity index (χ1v) is 12.9. The molecular weight excluding hydrogens is 460 g/mol. The van der Waals surface area contributed by atoms with Crippen molar-refractivity contribution in [2.75, 3.05) is 4.72 Å². The van der Waals surface area contributed by atoms with Crippen molar-refractivity contribution in [1.82, 2.24) is 4.90 Å². The zero-order valence-electron chi connectivity index (χ0n) is 19.4. The molecule has 3 aromatic carbocycles. The van der Waals surface area contributed by atoms with Crippen molar-refractivity contribution in [2.24, 2.45) is 5.73 Å². The lowest BCUT2D eigenvalue weighted by molar-refractivity contribution is -0.133. The van der Waals surface area contributed by atoms with Crippen molar-refractivity contribution >= 4 is 28.3 Å². The van der Waals surface area contributed by atoms with E-state index < -0.39 is 10.9 Å². The molecule has 0 saturated heterocycles. The van der Waals surface area contributed by atoms with Gasteiger partial charge in [-0.3, -0.25) is 14.9 Å². The van der Waals surface area contributed by atoms with Gasteiger partial charge in [-0.25, -0.2) is 8.42 Å². The van der Waals surface area contributed by atoms with Crippen molar-refractivity contribution in [2.45, 2.75) is 44.7 Å². The van der Waals surface area contributed by atoms with Gasteiger partial charge in [0.1, 0.15) is 5.84 Å². The van der Waals surface area contributed by atoms with E-state index >= 15 is 0 Å². The third-order valence-corrected chi connectivity index (χ3v) is 6.84. The molecule has 1 aliphatic carbocycles.